The van der Waals surface area contributed by atoms with Crippen molar-refractivity contribution >= 4 is 17.5 Å². The molecule has 31 heavy (non-hydrogen) atoms. The standard InChI is InChI=1S/C15H19F3N2O3.C4H3N3O/c1-22-13-8-7-11(23-15(16,17)18)9-12(13)20-14(21)19-10-5-3-2-4-6-10;8-7-4-1-2-5-3-6-4/h7-10H,2-6H2,1H3,(H2,19,20,21);1-3H. The van der Waals surface area contributed by atoms with E-state index in [0.29, 0.717) is 0 Å². The Morgan fingerprint density at radius 3 is 2.48 bits per heavy atom. The topological polar surface area (TPSA) is 115 Å². The highest BCUT2D eigenvalue weighted by Gasteiger charge is 2.31. The predicted molar refractivity (Wildman–Crippen MR) is 106 cm³/mol. The number of rotatable bonds is 5. The number of carbonyl (C=O) groups is 1. The summed E-state index contributed by atoms with van der Waals surface area (Å²) in [6.07, 6.45) is 3.02. The molecule has 1 aliphatic carbocycles. The Labute approximate surface area is 176 Å². The Kier molecular flexibility index (Phi) is 8.97. The lowest BCUT2D eigenvalue weighted by Crippen LogP contribution is -2.39. The van der Waals surface area contributed by atoms with Crippen molar-refractivity contribution in [3.63, 3.8) is 0 Å². The first-order chi connectivity index (χ1) is 14.8. The molecule has 0 aliphatic heterocycles. The van der Waals surface area contributed by atoms with Crippen LogP contribution in [0.2, 0.25) is 0 Å². The fourth-order valence-electron chi connectivity index (χ4n) is 2.91. The number of carbonyl (C=O) groups excluding carboxylic acids is 1. The zero-order chi connectivity index (χ0) is 22.7. The average Bonchev–Trinajstić information content (AvgIpc) is 2.74. The van der Waals surface area contributed by atoms with Crippen LogP contribution in [0.4, 0.5) is 29.5 Å². The normalized spacial score (nSPS) is 13.9. The number of benzene rings is 1. The van der Waals surface area contributed by atoms with E-state index in [2.05, 4.69) is 30.5 Å². The average molecular weight is 441 g/mol. The molecule has 2 N–H and O–H groups in total. The molecule has 1 aromatic heterocycles. The molecule has 0 unspecified atom stereocenters. The van der Waals surface area contributed by atoms with E-state index in [9.17, 15) is 22.9 Å². The van der Waals surface area contributed by atoms with Crippen LogP contribution in [0.5, 0.6) is 11.5 Å². The van der Waals surface area contributed by atoms with Gasteiger partial charge in [0.15, 0.2) is 5.82 Å². The van der Waals surface area contributed by atoms with Gasteiger partial charge in [-0.3, -0.25) is 0 Å². The summed E-state index contributed by atoms with van der Waals surface area (Å²) in [5.41, 5.74) is 0.113. The van der Waals surface area contributed by atoms with Crippen molar-refractivity contribution in [3.8, 4) is 11.5 Å². The molecule has 0 spiro atoms. The number of urea groups is 1. The number of amides is 2. The number of ether oxygens (including phenoxy) is 2. The van der Waals surface area contributed by atoms with Crippen LogP contribution >= 0.6 is 0 Å². The number of nitrogens with zero attached hydrogens (tertiary/aromatic N) is 3. The molecule has 2 aromatic rings. The summed E-state index contributed by atoms with van der Waals surface area (Å²) in [5.74, 6) is -0.00964. The quantitative estimate of drug-likeness (QED) is 0.637. The molecule has 2 amide bonds. The molecule has 168 valence electrons. The maximum absolute atomic E-state index is 12.3. The van der Waals surface area contributed by atoms with E-state index in [-0.39, 0.29) is 23.3 Å². The van der Waals surface area contributed by atoms with Crippen molar-refractivity contribution in [2.24, 2.45) is 5.18 Å². The van der Waals surface area contributed by atoms with Crippen LogP contribution in [0.15, 0.2) is 42.0 Å². The molecule has 1 aliphatic rings. The molecule has 1 heterocycles. The van der Waals surface area contributed by atoms with Crippen molar-refractivity contribution < 1.29 is 27.4 Å². The largest absolute Gasteiger partial charge is 0.573 e. The summed E-state index contributed by atoms with van der Waals surface area (Å²) in [6, 6.07) is 4.55. The van der Waals surface area contributed by atoms with Crippen LogP contribution in [0.3, 0.4) is 0 Å². The third-order valence-electron chi connectivity index (χ3n) is 4.25. The number of aromatic nitrogens is 2. The van der Waals surface area contributed by atoms with Crippen molar-refractivity contribution in [2.75, 3.05) is 12.4 Å². The number of hydrogen-bond donors (Lipinski definition) is 2. The first-order valence-corrected chi connectivity index (χ1v) is 9.41. The summed E-state index contributed by atoms with van der Waals surface area (Å²) >= 11 is 0. The Bertz CT molecular complexity index is 846. The Balaban J connectivity index is 0.000000357. The van der Waals surface area contributed by atoms with Crippen LogP contribution in [0.1, 0.15) is 32.1 Å². The third-order valence-corrected chi connectivity index (χ3v) is 4.25. The molecule has 1 saturated carbocycles. The fraction of sp³-hybridized carbons (Fsp3) is 0.421. The van der Waals surface area contributed by atoms with Gasteiger partial charge in [0, 0.05) is 24.4 Å². The van der Waals surface area contributed by atoms with Gasteiger partial charge in [0.2, 0.25) is 0 Å². The Morgan fingerprint density at radius 1 is 1.19 bits per heavy atom. The number of hydrogen-bond acceptors (Lipinski definition) is 7. The minimum absolute atomic E-state index is 0.0874. The summed E-state index contributed by atoms with van der Waals surface area (Å²) in [6.45, 7) is 0. The number of nitrogens with one attached hydrogen (secondary N) is 2. The van der Waals surface area contributed by atoms with Gasteiger partial charge in [-0.05, 0) is 30.2 Å². The summed E-state index contributed by atoms with van der Waals surface area (Å²) in [7, 11) is 1.36. The molecule has 1 fully saturated rings. The smallest absolute Gasteiger partial charge is 0.495 e. The summed E-state index contributed by atoms with van der Waals surface area (Å²) in [4.78, 5) is 28.8. The fourth-order valence-corrected chi connectivity index (χ4v) is 2.91. The minimum atomic E-state index is -4.80. The number of alkyl halides is 3. The molecule has 12 heteroatoms. The Morgan fingerprint density at radius 2 is 1.94 bits per heavy atom. The summed E-state index contributed by atoms with van der Waals surface area (Å²) < 4.78 is 45.7. The van der Waals surface area contributed by atoms with Crippen molar-refractivity contribution in [2.45, 2.75) is 44.5 Å². The van der Waals surface area contributed by atoms with Gasteiger partial charge in [0.05, 0.1) is 12.8 Å². The lowest BCUT2D eigenvalue weighted by Gasteiger charge is -2.23. The predicted octanol–water partition coefficient (Wildman–Crippen LogP) is 4.92. The molecule has 0 saturated heterocycles. The second-order valence-corrected chi connectivity index (χ2v) is 6.50. The Hall–Kier alpha value is -3.44. The number of nitroso groups, excluding NO2 is 1. The SMILES string of the molecule is COc1ccc(OC(F)(F)F)cc1NC(=O)NC1CCCCC1.O=Nc1ccncn1. The van der Waals surface area contributed by atoms with E-state index in [1.807, 2.05) is 0 Å². The second kappa shape index (κ2) is 11.7. The first kappa shape index (κ1) is 23.8. The van der Waals surface area contributed by atoms with Gasteiger partial charge >= 0.3 is 12.4 Å². The molecule has 0 radical (unpaired) electrons. The van der Waals surface area contributed by atoms with Gasteiger partial charge in [0.25, 0.3) is 0 Å². The zero-order valence-corrected chi connectivity index (χ0v) is 16.7. The molecule has 9 nitrogen and oxygen atoms in total. The van der Waals surface area contributed by atoms with E-state index in [1.54, 1.807) is 0 Å². The molecular weight excluding hydrogens is 419 g/mol. The number of anilines is 1. The van der Waals surface area contributed by atoms with Gasteiger partial charge in [-0.25, -0.2) is 14.8 Å². The van der Waals surface area contributed by atoms with Gasteiger partial charge in [0.1, 0.15) is 17.8 Å². The highest BCUT2D eigenvalue weighted by molar-refractivity contribution is 5.91. The monoisotopic (exact) mass is 441 g/mol. The second-order valence-electron chi connectivity index (χ2n) is 6.50. The van der Waals surface area contributed by atoms with E-state index in [0.717, 1.165) is 44.2 Å². The lowest BCUT2D eigenvalue weighted by molar-refractivity contribution is -0.274. The van der Waals surface area contributed by atoms with E-state index in [4.69, 9.17) is 4.74 Å². The van der Waals surface area contributed by atoms with Crippen LogP contribution in [-0.2, 0) is 0 Å². The highest BCUT2D eigenvalue weighted by atomic mass is 19.4. The van der Waals surface area contributed by atoms with Crippen LogP contribution in [0, 0.1) is 4.91 Å². The van der Waals surface area contributed by atoms with E-state index < -0.39 is 18.1 Å². The van der Waals surface area contributed by atoms with Crippen molar-refractivity contribution in [1.29, 1.82) is 0 Å². The molecule has 0 atom stereocenters. The van der Waals surface area contributed by atoms with Crippen LogP contribution in [-0.4, -0.2) is 35.5 Å². The first-order valence-electron chi connectivity index (χ1n) is 9.41. The molecule has 3 rings (SSSR count). The molecule has 1 aromatic carbocycles. The highest BCUT2D eigenvalue weighted by Crippen LogP contribution is 2.32. The van der Waals surface area contributed by atoms with E-state index in [1.165, 1.54) is 31.8 Å². The number of halogens is 3. The van der Waals surface area contributed by atoms with E-state index >= 15 is 0 Å². The third kappa shape index (κ3) is 8.84. The maximum Gasteiger partial charge on any atom is 0.573 e. The van der Waals surface area contributed by atoms with Gasteiger partial charge in [-0.2, -0.15) is 0 Å². The van der Waals surface area contributed by atoms with Gasteiger partial charge in [-0.1, -0.05) is 19.3 Å². The molecular formula is C19H22F3N5O4. The van der Waals surface area contributed by atoms with Gasteiger partial charge in [-0.15, -0.1) is 18.1 Å². The van der Waals surface area contributed by atoms with Crippen LogP contribution < -0.4 is 20.1 Å². The lowest BCUT2D eigenvalue weighted by atomic mass is 9.96. The number of methoxy groups -OCH3 is 1. The van der Waals surface area contributed by atoms with Crippen molar-refractivity contribution in [3.05, 3.63) is 41.7 Å². The summed E-state index contributed by atoms with van der Waals surface area (Å²) in [5, 5.41) is 7.90. The van der Waals surface area contributed by atoms with Crippen LogP contribution in [0.25, 0.3) is 0 Å². The minimum Gasteiger partial charge on any atom is -0.495 e. The van der Waals surface area contributed by atoms with Gasteiger partial charge < -0.3 is 20.1 Å². The molecule has 0 bridgehead atoms. The maximum atomic E-state index is 12.3. The van der Waals surface area contributed by atoms with Crippen molar-refractivity contribution in [1.82, 2.24) is 15.3 Å². The zero-order valence-electron chi connectivity index (χ0n) is 16.7.